The molecule has 0 bridgehead atoms. The van der Waals surface area contributed by atoms with Crippen molar-refractivity contribution in [2.45, 2.75) is 40.2 Å². The van der Waals surface area contributed by atoms with Crippen LogP contribution < -0.4 is 9.80 Å². The molecule has 25 heavy (non-hydrogen) atoms. The van der Waals surface area contributed by atoms with Gasteiger partial charge in [0.2, 0.25) is 11.8 Å². The van der Waals surface area contributed by atoms with Gasteiger partial charge in [-0.15, -0.1) is 0 Å². The molecule has 4 heteroatoms. The van der Waals surface area contributed by atoms with Crippen LogP contribution in [0.25, 0.3) is 0 Å². The SMILES string of the molecule is CC(=O)N(CC(=O)N1c2ccccc2CC1C)c1cc(C)cc(C)c1. The number of aryl methyl sites for hydroxylation is 2. The summed E-state index contributed by atoms with van der Waals surface area (Å²) >= 11 is 0. The molecule has 3 rings (SSSR count). The summed E-state index contributed by atoms with van der Waals surface area (Å²) in [5.41, 5.74) is 5.08. The van der Waals surface area contributed by atoms with Crippen molar-refractivity contribution in [2.24, 2.45) is 0 Å². The van der Waals surface area contributed by atoms with Crippen LogP contribution in [0.4, 0.5) is 11.4 Å². The van der Waals surface area contributed by atoms with Crippen molar-refractivity contribution in [1.82, 2.24) is 0 Å². The van der Waals surface area contributed by atoms with Crippen LogP contribution in [-0.4, -0.2) is 24.4 Å². The van der Waals surface area contributed by atoms with E-state index >= 15 is 0 Å². The van der Waals surface area contributed by atoms with E-state index in [4.69, 9.17) is 0 Å². The number of amides is 2. The Morgan fingerprint density at radius 1 is 1.12 bits per heavy atom. The molecule has 0 saturated carbocycles. The van der Waals surface area contributed by atoms with Gasteiger partial charge in [0.15, 0.2) is 0 Å². The van der Waals surface area contributed by atoms with Crippen molar-refractivity contribution in [1.29, 1.82) is 0 Å². The number of anilines is 2. The first-order chi connectivity index (χ1) is 11.9. The lowest BCUT2D eigenvalue weighted by atomic mass is 10.1. The zero-order valence-electron chi connectivity index (χ0n) is 15.2. The Balaban J connectivity index is 1.88. The fraction of sp³-hybridized carbons (Fsp3) is 0.333. The molecule has 0 saturated heterocycles. The third-order valence-electron chi connectivity index (χ3n) is 4.67. The molecule has 130 valence electrons. The number of rotatable bonds is 3. The maximum absolute atomic E-state index is 13.0. The highest BCUT2D eigenvalue weighted by molar-refractivity contribution is 6.04. The van der Waals surface area contributed by atoms with Gasteiger partial charge in [0.1, 0.15) is 6.54 Å². The zero-order valence-corrected chi connectivity index (χ0v) is 15.2. The minimum atomic E-state index is -0.126. The zero-order chi connectivity index (χ0) is 18.1. The lowest BCUT2D eigenvalue weighted by Gasteiger charge is -2.27. The van der Waals surface area contributed by atoms with Crippen molar-refractivity contribution in [3.63, 3.8) is 0 Å². The Bertz CT molecular complexity index is 808. The molecule has 1 atom stereocenters. The number of benzene rings is 2. The maximum Gasteiger partial charge on any atom is 0.247 e. The standard InChI is InChI=1S/C21H24N2O2/c1-14-9-15(2)11-19(10-14)22(17(4)24)13-21(25)23-16(3)12-18-7-5-6-8-20(18)23/h5-11,16H,12-13H2,1-4H3. The molecule has 0 aliphatic carbocycles. The molecule has 0 spiro atoms. The Morgan fingerprint density at radius 2 is 1.76 bits per heavy atom. The van der Waals surface area contributed by atoms with E-state index in [0.717, 1.165) is 28.9 Å². The van der Waals surface area contributed by atoms with E-state index < -0.39 is 0 Å². The second-order valence-corrected chi connectivity index (χ2v) is 6.90. The molecule has 1 aliphatic rings. The molecule has 0 radical (unpaired) electrons. The highest BCUT2D eigenvalue weighted by Crippen LogP contribution is 2.32. The predicted molar refractivity (Wildman–Crippen MR) is 101 cm³/mol. The topological polar surface area (TPSA) is 40.6 Å². The molecule has 2 aromatic rings. The van der Waals surface area contributed by atoms with Crippen molar-refractivity contribution < 1.29 is 9.59 Å². The van der Waals surface area contributed by atoms with Crippen molar-refractivity contribution in [3.05, 3.63) is 59.2 Å². The highest BCUT2D eigenvalue weighted by atomic mass is 16.2. The minimum Gasteiger partial charge on any atom is -0.307 e. The lowest BCUT2D eigenvalue weighted by molar-refractivity contribution is -0.121. The van der Waals surface area contributed by atoms with Gasteiger partial charge < -0.3 is 9.80 Å². The molecule has 2 aromatic carbocycles. The van der Waals surface area contributed by atoms with Gasteiger partial charge in [-0.1, -0.05) is 24.3 Å². The van der Waals surface area contributed by atoms with Gasteiger partial charge in [-0.3, -0.25) is 9.59 Å². The summed E-state index contributed by atoms with van der Waals surface area (Å²) in [7, 11) is 0. The highest BCUT2D eigenvalue weighted by Gasteiger charge is 2.32. The molecule has 2 amide bonds. The first-order valence-corrected chi connectivity index (χ1v) is 8.63. The predicted octanol–water partition coefficient (Wildman–Crippen LogP) is 3.63. The maximum atomic E-state index is 13.0. The van der Waals surface area contributed by atoms with E-state index in [-0.39, 0.29) is 24.4 Å². The second kappa shape index (κ2) is 6.71. The molecular weight excluding hydrogens is 312 g/mol. The van der Waals surface area contributed by atoms with Gasteiger partial charge in [0.05, 0.1) is 0 Å². The number of carbonyl (C=O) groups is 2. The summed E-state index contributed by atoms with van der Waals surface area (Å²) in [6, 6.07) is 14.0. The van der Waals surface area contributed by atoms with Gasteiger partial charge in [-0.2, -0.15) is 0 Å². The third kappa shape index (κ3) is 3.43. The smallest absolute Gasteiger partial charge is 0.247 e. The monoisotopic (exact) mass is 336 g/mol. The third-order valence-corrected chi connectivity index (χ3v) is 4.67. The molecule has 0 fully saturated rings. The molecule has 0 aromatic heterocycles. The Hall–Kier alpha value is -2.62. The van der Waals surface area contributed by atoms with E-state index in [9.17, 15) is 9.59 Å². The molecule has 1 aliphatic heterocycles. The normalized spacial score (nSPS) is 15.8. The van der Waals surface area contributed by atoms with Gasteiger partial charge in [-0.25, -0.2) is 0 Å². The van der Waals surface area contributed by atoms with E-state index in [1.807, 2.05) is 56.0 Å². The van der Waals surface area contributed by atoms with Crippen molar-refractivity contribution >= 4 is 23.2 Å². The molecule has 0 N–H and O–H groups in total. The molecule has 4 nitrogen and oxygen atoms in total. The summed E-state index contributed by atoms with van der Waals surface area (Å²) in [6.45, 7) is 7.60. The second-order valence-electron chi connectivity index (χ2n) is 6.90. The average molecular weight is 336 g/mol. The summed E-state index contributed by atoms with van der Waals surface area (Å²) < 4.78 is 0. The Kier molecular flexibility index (Phi) is 4.62. The van der Waals surface area contributed by atoms with E-state index in [0.29, 0.717) is 0 Å². The van der Waals surface area contributed by atoms with Gasteiger partial charge in [0, 0.05) is 24.3 Å². The first-order valence-electron chi connectivity index (χ1n) is 8.63. The number of fused-ring (bicyclic) bond motifs is 1. The number of hydrogen-bond donors (Lipinski definition) is 0. The first kappa shape index (κ1) is 17.2. The van der Waals surface area contributed by atoms with Gasteiger partial charge in [0.25, 0.3) is 0 Å². The lowest BCUT2D eigenvalue weighted by Crippen LogP contribution is -2.44. The quantitative estimate of drug-likeness (QED) is 0.859. The molecular formula is C21H24N2O2. The van der Waals surface area contributed by atoms with Crippen LogP contribution in [0.1, 0.15) is 30.5 Å². The number of hydrogen-bond acceptors (Lipinski definition) is 2. The van der Waals surface area contributed by atoms with Gasteiger partial charge in [-0.05, 0) is 62.1 Å². The van der Waals surface area contributed by atoms with Gasteiger partial charge >= 0.3 is 0 Å². The van der Waals surface area contributed by atoms with E-state index in [1.165, 1.54) is 12.5 Å². The number of nitrogens with zero attached hydrogens (tertiary/aromatic N) is 2. The van der Waals surface area contributed by atoms with E-state index in [1.54, 1.807) is 4.90 Å². The van der Waals surface area contributed by atoms with Crippen LogP contribution >= 0.6 is 0 Å². The van der Waals surface area contributed by atoms with E-state index in [2.05, 4.69) is 12.1 Å². The fourth-order valence-corrected chi connectivity index (χ4v) is 3.65. The summed E-state index contributed by atoms with van der Waals surface area (Å²) in [5, 5.41) is 0. The fourth-order valence-electron chi connectivity index (χ4n) is 3.65. The Morgan fingerprint density at radius 3 is 2.40 bits per heavy atom. The number of para-hydroxylation sites is 1. The summed E-state index contributed by atoms with van der Waals surface area (Å²) in [6.07, 6.45) is 0.853. The van der Waals surface area contributed by atoms with Crippen LogP contribution in [0, 0.1) is 13.8 Å². The number of carbonyl (C=O) groups excluding carboxylic acids is 2. The average Bonchev–Trinajstić information content (AvgIpc) is 2.86. The molecule has 1 unspecified atom stereocenters. The van der Waals surface area contributed by atoms with Crippen molar-refractivity contribution in [3.8, 4) is 0 Å². The van der Waals surface area contributed by atoms with Crippen LogP contribution in [0.5, 0.6) is 0 Å². The van der Waals surface area contributed by atoms with Crippen LogP contribution in [0.15, 0.2) is 42.5 Å². The van der Waals surface area contributed by atoms with Crippen LogP contribution in [-0.2, 0) is 16.0 Å². The van der Waals surface area contributed by atoms with Crippen LogP contribution in [0.2, 0.25) is 0 Å². The van der Waals surface area contributed by atoms with Crippen LogP contribution in [0.3, 0.4) is 0 Å². The molecule has 1 heterocycles. The summed E-state index contributed by atoms with van der Waals surface area (Å²) in [4.78, 5) is 28.6. The minimum absolute atomic E-state index is 0.0493. The largest absolute Gasteiger partial charge is 0.307 e. The van der Waals surface area contributed by atoms with Crippen molar-refractivity contribution in [2.75, 3.05) is 16.3 Å². The summed E-state index contributed by atoms with van der Waals surface area (Å²) in [5.74, 6) is -0.176. The Labute approximate surface area is 149 Å².